The number of piperidine rings is 1. The zero-order valence-electron chi connectivity index (χ0n) is 12.9. The van der Waals surface area contributed by atoms with Gasteiger partial charge in [-0.15, -0.1) is 10.2 Å². The molecule has 0 aliphatic carbocycles. The Morgan fingerprint density at radius 1 is 1.27 bits per heavy atom. The van der Waals surface area contributed by atoms with Gasteiger partial charge >= 0.3 is 0 Å². The normalized spacial score (nSPS) is 15.9. The van der Waals surface area contributed by atoms with Crippen molar-refractivity contribution >= 4 is 16.6 Å². The van der Waals surface area contributed by atoms with Gasteiger partial charge in [-0.05, 0) is 44.8 Å². The fourth-order valence-corrected chi connectivity index (χ4v) is 3.23. The second-order valence-corrected chi connectivity index (χ2v) is 5.85. The molecule has 0 spiro atoms. The number of rotatable bonds is 4. The third-order valence-corrected chi connectivity index (χ3v) is 4.48. The third-order valence-electron chi connectivity index (χ3n) is 4.48. The van der Waals surface area contributed by atoms with Crippen LogP contribution in [0.5, 0.6) is 0 Å². The lowest BCUT2D eigenvalue weighted by atomic mass is 9.93. The van der Waals surface area contributed by atoms with Crippen LogP contribution in [0, 0.1) is 17.2 Å². The smallest absolute Gasteiger partial charge is 0.187 e. The predicted octanol–water partition coefficient (Wildman–Crippen LogP) is 2.33. The van der Waals surface area contributed by atoms with E-state index in [0.29, 0.717) is 5.69 Å². The molecule has 22 heavy (non-hydrogen) atoms. The fraction of sp³-hybridized carbons (Fsp3) is 0.471. The Labute approximate surface area is 131 Å². The Morgan fingerprint density at radius 2 is 2.05 bits per heavy atom. The number of nitrogens with one attached hydrogen (secondary N) is 1. The van der Waals surface area contributed by atoms with E-state index in [4.69, 9.17) is 0 Å². The molecular weight excluding hydrogens is 274 g/mol. The van der Waals surface area contributed by atoms with Crippen LogP contribution in [0.1, 0.15) is 25.0 Å². The summed E-state index contributed by atoms with van der Waals surface area (Å²) in [6, 6.07) is 10.1. The number of aromatic nitrogens is 2. The van der Waals surface area contributed by atoms with Gasteiger partial charge in [0.05, 0.1) is 11.2 Å². The lowest BCUT2D eigenvalue weighted by molar-refractivity contribution is 0.378. The van der Waals surface area contributed by atoms with Crippen LogP contribution < -0.4 is 10.2 Å². The molecule has 5 heteroatoms. The molecule has 0 atom stereocenters. The van der Waals surface area contributed by atoms with Crippen LogP contribution in [0.15, 0.2) is 24.3 Å². The minimum absolute atomic E-state index is 0.437. The van der Waals surface area contributed by atoms with Crippen LogP contribution in [0.2, 0.25) is 0 Å². The van der Waals surface area contributed by atoms with Crippen molar-refractivity contribution in [2.24, 2.45) is 5.92 Å². The first-order chi connectivity index (χ1) is 10.8. The first-order valence-corrected chi connectivity index (χ1v) is 7.88. The average molecular weight is 295 g/mol. The summed E-state index contributed by atoms with van der Waals surface area (Å²) in [4.78, 5) is 2.31. The predicted molar refractivity (Wildman–Crippen MR) is 87.7 cm³/mol. The van der Waals surface area contributed by atoms with Gasteiger partial charge in [-0.3, -0.25) is 0 Å². The highest BCUT2D eigenvalue weighted by Crippen LogP contribution is 2.31. The lowest BCUT2D eigenvalue weighted by Crippen LogP contribution is -2.35. The number of anilines is 1. The van der Waals surface area contributed by atoms with Crippen molar-refractivity contribution in [1.29, 1.82) is 5.26 Å². The molecular formula is C17H21N5. The van der Waals surface area contributed by atoms with Crippen molar-refractivity contribution in [3.05, 3.63) is 30.0 Å². The number of fused-ring (bicyclic) bond motifs is 1. The van der Waals surface area contributed by atoms with Gasteiger partial charge in [0.15, 0.2) is 5.69 Å². The summed E-state index contributed by atoms with van der Waals surface area (Å²) < 4.78 is 0. The highest BCUT2D eigenvalue weighted by molar-refractivity contribution is 5.93. The average Bonchev–Trinajstić information content (AvgIpc) is 2.59. The maximum Gasteiger partial charge on any atom is 0.187 e. The Balaban J connectivity index is 1.86. The fourth-order valence-electron chi connectivity index (χ4n) is 3.23. The molecule has 2 aromatic rings. The van der Waals surface area contributed by atoms with E-state index in [1.807, 2.05) is 31.3 Å². The van der Waals surface area contributed by atoms with Crippen LogP contribution in [0.4, 0.5) is 5.69 Å². The molecule has 1 aliphatic heterocycles. The largest absolute Gasteiger partial charge is 0.369 e. The highest BCUT2D eigenvalue weighted by atomic mass is 15.2. The maximum atomic E-state index is 9.39. The minimum Gasteiger partial charge on any atom is -0.369 e. The van der Waals surface area contributed by atoms with E-state index in [-0.39, 0.29) is 0 Å². The molecule has 114 valence electrons. The van der Waals surface area contributed by atoms with Crippen molar-refractivity contribution in [2.75, 3.05) is 31.6 Å². The van der Waals surface area contributed by atoms with E-state index in [0.717, 1.165) is 42.1 Å². The molecule has 3 rings (SSSR count). The van der Waals surface area contributed by atoms with E-state index >= 15 is 0 Å². The zero-order valence-corrected chi connectivity index (χ0v) is 12.9. The van der Waals surface area contributed by atoms with Crippen molar-refractivity contribution in [3.63, 3.8) is 0 Å². The highest BCUT2D eigenvalue weighted by Gasteiger charge is 2.23. The molecule has 0 saturated carbocycles. The summed E-state index contributed by atoms with van der Waals surface area (Å²) in [5, 5.41) is 21.9. The second kappa shape index (κ2) is 6.71. The molecule has 1 fully saturated rings. The molecule has 1 aliphatic rings. The van der Waals surface area contributed by atoms with Gasteiger partial charge in [-0.25, -0.2) is 0 Å². The molecule has 0 bridgehead atoms. The second-order valence-electron chi connectivity index (χ2n) is 5.85. The first-order valence-electron chi connectivity index (χ1n) is 7.88. The standard InChI is InChI=1S/C17H21N5/c1-19-9-6-13-7-10-22(11-8-13)17-14-4-2-3-5-15(14)20-21-16(17)12-18/h2-5,13,19H,6-11H2,1H3. The summed E-state index contributed by atoms with van der Waals surface area (Å²) in [6.45, 7) is 3.05. The zero-order chi connectivity index (χ0) is 15.4. The monoisotopic (exact) mass is 295 g/mol. The Hall–Kier alpha value is -2.19. The van der Waals surface area contributed by atoms with Gasteiger partial charge in [0, 0.05) is 18.5 Å². The molecule has 1 aromatic carbocycles. The maximum absolute atomic E-state index is 9.39. The Bertz CT molecular complexity index is 683. The minimum atomic E-state index is 0.437. The van der Waals surface area contributed by atoms with Crippen molar-refractivity contribution in [2.45, 2.75) is 19.3 Å². The van der Waals surface area contributed by atoms with Gasteiger partial charge in [0.2, 0.25) is 0 Å². The van der Waals surface area contributed by atoms with Crippen LogP contribution >= 0.6 is 0 Å². The number of nitrogens with zero attached hydrogens (tertiary/aromatic N) is 4. The SMILES string of the molecule is CNCCC1CCN(c2c(C#N)nnc3ccccc23)CC1. The van der Waals surface area contributed by atoms with Gasteiger partial charge < -0.3 is 10.2 Å². The number of nitriles is 1. The molecule has 0 unspecified atom stereocenters. The van der Waals surface area contributed by atoms with Crippen LogP contribution in [-0.4, -0.2) is 36.9 Å². The van der Waals surface area contributed by atoms with E-state index in [1.54, 1.807) is 0 Å². The number of benzene rings is 1. The first kappa shape index (κ1) is 14.7. The Morgan fingerprint density at radius 3 is 2.77 bits per heavy atom. The molecule has 5 nitrogen and oxygen atoms in total. The third kappa shape index (κ3) is 2.88. The molecule has 1 saturated heterocycles. The van der Waals surface area contributed by atoms with Crippen LogP contribution in [0.3, 0.4) is 0 Å². The van der Waals surface area contributed by atoms with Crippen molar-refractivity contribution in [3.8, 4) is 6.07 Å². The molecule has 1 N–H and O–H groups in total. The van der Waals surface area contributed by atoms with E-state index in [2.05, 4.69) is 26.5 Å². The summed E-state index contributed by atoms with van der Waals surface area (Å²) >= 11 is 0. The van der Waals surface area contributed by atoms with Crippen LogP contribution in [-0.2, 0) is 0 Å². The molecule has 1 aromatic heterocycles. The molecule has 2 heterocycles. The Kier molecular flexibility index (Phi) is 4.50. The molecule has 0 amide bonds. The lowest BCUT2D eigenvalue weighted by Gasteiger charge is -2.34. The van der Waals surface area contributed by atoms with Gasteiger partial charge in [-0.2, -0.15) is 5.26 Å². The number of hydrogen-bond acceptors (Lipinski definition) is 5. The van der Waals surface area contributed by atoms with Crippen molar-refractivity contribution < 1.29 is 0 Å². The molecule has 0 radical (unpaired) electrons. The van der Waals surface area contributed by atoms with Crippen molar-refractivity contribution in [1.82, 2.24) is 15.5 Å². The summed E-state index contributed by atoms with van der Waals surface area (Å²) in [7, 11) is 2.00. The van der Waals surface area contributed by atoms with E-state index in [1.165, 1.54) is 19.3 Å². The summed E-state index contributed by atoms with van der Waals surface area (Å²) in [6.07, 6.45) is 3.57. The topological polar surface area (TPSA) is 64.8 Å². The van der Waals surface area contributed by atoms with Gasteiger partial charge in [0.1, 0.15) is 6.07 Å². The van der Waals surface area contributed by atoms with Gasteiger partial charge in [0.25, 0.3) is 0 Å². The van der Waals surface area contributed by atoms with Crippen LogP contribution in [0.25, 0.3) is 10.9 Å². The summed E-state index contributed by atoms with van der Waals surface area (Å²) in [5.74, 6) is 0.773. The van der Waals surface area contributed by atoms with E-state index in [9.17, 15) is 5.26 Å². The quantitative estimate of drug-likeness (QED) is 0.938. The van der Waals surface area contributed by atoms with E-state index < -0.39 is 0 Å². The number of hydrogen-bond donors (Lipinski definition) is 1. The van der Waals surface area contributed by atoms with Gasteiger partial charge in [-0.1, -0.05) is 18.2 Å². The summed E-state index contributed by atoms with van der Waals surface area (Å²) in [5.41, 5.74) is 2.25.